The average Bonchev–Trinajstić information content (AvgIpc) is 2.87. The Kier molecular flexibility index (Phi) is 3.47. The number of hydrogen-bond acceptors (Lipinski definition) is 5. The third kappa shape index (κ3) is 2.28. The van der Waals surface area contributed by atoms with Crippen LogP contribution >= 0.6 is 0 Å². The Labute approximate surface area is 106 Å². The van der Waals surface area contributed by atoms with Crippen molar-refractivity contribution in [1.29, 1.82) is 0 Å². The summed E-state index contributed by atoms with van der Waals surface area (Å²) >= 11 is 0. The van der Waals surface area contributed by atoms with Crippen molar-refractivity contribution in [1.82, 2.24) is 10.2 Å². The van der Waals surface area contributed by atoms with E-state index in [0.29, 0.717) is 12.3 Å². The molecule has 0 radical (unpaired) electrons. The van der Waals surface area contributed by atoms with E-state index in [9.17, 15) is 8.42 Å². The molecular weight excluding hydrogens is 252 g/mol. The summed E-state index contributed by atoms with van der Waals surface area (Å²) in [6.45, 7) is 3.42. The maximum atomic E-state index is 12.3. The highest BCUT2D eigenvalue weighted by Crippen LogP contribution is 2.27. The van der Waals surface area contributed by atoms with Crippen molar-refractivity contribution < 1.29 is 12.8 Å². The molecular formula is C12H14N2O3S. The van der Waals surface area contributed by atoms with Gasteiger partial charge in [-0.2, -0.15) is 0 Å². The Hall–Kier alpha value is -1.69. The maximum Gasteiger partial charge on any atom is 0.234 e. The SMILES string of the molecule is CCc1nnc(C(C)S(=O)(=O)c2ccccc2)o1. The molecule has 0 aliphatic rings. The summed E-state index contributed by atoms with van der Waals surface area (Å²) in [5.74, 6) is 0.579. The zero-order valence-corrected chi connectivity index (χ0v) is 11.0. The number of aryl methyl sites for hydroxylation is 1. The molecule has 0 aliphatic carbocycles. The third-order valence-corrected chi connectivity index (χ3v) is 4.73. The molecule has 1 aromatic carbocycles. The highest BCUT2D eigenvalue weighted by molar-refractivity contribution is 7.91. The van der Waals surface area contributed by atoms with Crippen LogP contribution in [0.1, 0.15) is 30.9 Å². The van der Waals surface area contributed by atoms with Gasteiger partial charge in [-0.25, -0.2) is 8.42 Å². The monoisotopic (exact) mass is 266 g/mol. The third-order valence-electron chi connectivity index (χ3n) is 2.67. The molecule has 6 heteroatoms. The van der Waals surface area contributed by atoms with Crippen LogP contribution in [0.3, 0.4) is 0 Å². The summed E-state index contributed by atoms with van der Waals surface area (Å²) in [6, 6.07) is 8.26. The van der Waals surface area contributed by atoms with Crippen LogP contribution in [0.5, 0.6) is 0 Å². The van der Waals surface area contributed by atoms with Gasteiger partial charge in [0.15, 0.2) is 9.84 Å². The lowest BCUT2D eigenvalue weighted by Gasteiger charge is -2.08. The Morgan fingerprint density at radius 3 is 2.44 bits per heavy atom. The van der Waals surface area contributed by atoms with Crippen molar-refractivity contribution in [3.8, 4) is 0 Å². The molecule has 0 saturated carbocycles. The first-order valence-corrected chi connectivity index (χ1v) is 7.21. The predicted molar refractivity (Wildman–Crippen MR) is 65.7 cm³/mol. The fourth-order valence-corrected chi connectivity index (χ4v) is 2.83. The van der Waals surface area contributed by atoms with E-state index in [2.05, 4.69) is 10.2 Å². The first-order chi connectivity index (χ1) is 8.55. The fourth-order valence-electron chi connectivity index (χ4n) is 1.52. The van der Waals surface area contributed by atoms with Crippen molar-refractivity contribution in [2.45, 2.75) is 30.4 Å². The van der Waals surface area contributed by atoms with Crippen molar-refractivity contribution in [2.24, 2.45) is 0 Å². The van der Waals surface area contributed by atoms with Gasteiger partial charge in [0.05, 0.1) is 4.90 Å². The molecule has 96 valence electrons. The van der Waals surface area contributed by atoms with Crippen LogP contribution in [-0.4, -0.2) is 18.6 Å². The zero-order chi connectivity index (χ0) is 13.2. The quantitative estimate of drug-likeness (QED) is 0.848. The number of sulfone groups is 1. The Morgan fingerprint density at radius 2 is 1.89 bits per heavy atom. The average molecular weight is 266 g/mol. The summed E-state index contributed by atoms with van der Waals surface area (Å²) in [6.07, 6.45) is 0.588. The molecule has 0 bridgehead atoms. The minimum atomic E-state index is -3.48. The minimum Gasteiger partial charge on any atom is -0.424 e. The van der Waals surface area contributed by atoms with E-state index in [1.54, 1.807) is 37.3 Å². The van der Waals surface area contributed by atoms with Crippen molar-refractivity contribution >= 4 is 9.84 Å². The summed E-state index contributed by atoms with van der Waals surface area (Å²) < 4.78 is 29.9. The largest absolute Gasteiger partial charge is 0.424 e. The molecule has 0 fully saturated rings. The van der Waals surface area contributed by atoms with Gasteiger partial charge in [-0.1, -0.05) is 25.1 Å². The van der Waals surface area contributed by atoms with Gasteiger partial charge in [0.25, 0.3) is 0 Å². The second-order valence-corrected chi connectivity index (χ2v) is 6.16. The Morgan fingerprint density at radius 1 is 1.22 bits per heavy atom. The molecule has 1 unspecified atom stereocenters. The molecule has 2 aromatic rings. The van der Waals surface area contributed by atoms with Crippen LogP contribution in [0.25, 0.3) is 0 Å². The highest BCUT2D eigenvalue weighted by Gasteiger charge is 2.29. The van der Waals surface area contributed by atoms with E-state index in [1.165, 1.54) is 0 Å². The number of nitrogens with zero attached hydrogens (tertiary/aromatic N) is 2. The van der Waals surface area contributed by atoms with E-state index in [0.717, 1.165) is 0 Å². The molecule has 5 nitrogen and oxygen atoms in total. The lowest BCUT2D eigenvalue weighted by molar-refractivity contribution is 0.449. The Bertz CT molecular complexity index is 620. The number of aromatic nitrogens is 2. The molecule has 18 heavy (non-hydrogen) atoms. The van der Waals surface area contributed by atoms with Gasteiger partial charge in [-0.3, -0.25) is 0 Å². The van der Waals surface area contributed by atoms with Crippen LogP contribution in [0.15, 0.2) is 39.6 Å². The van der Waals surface area contributed by atoms with E-state index in [-0.39, 0.29) is 10.8 Å². The lowest BCUT2D eigenvalue weighted by Crippen LogP contribution is -2.11. The van der Waals surface area contributed by atoms with E-state index in [1.807, 2.05) is 6.92 Å². The Balaban J connectivity index is 2.36. The predicted octanol–water partition coefficient (Wildman–Crippen LogP) is 2.17. The van der Waals surface area contributed by atoms with Gasteiger partial charge in [-0.15, -0.1) is 10.2 Å². The zero-order valence-electron chi connectivity index (χ0n) is 10.2. The minimum absolute atomic E-state index is 0.135. The van der Waals surface area contributed by atoms with E-state index >= 15 is 0 Å². The van der Waals surface area contributed by atoms with Gasteiger partial charge in [-0.05, 0) is 19.1 Å². The molecule has 0 saturated heterocycles. The standard InChI is InChI=1S/C12H14N2O3S/c1-3-11-13-14-12(17-11)9(2)18(15,16)10-7-5-4-6-8-10/h4-9H,3H2,1-2H3. The lowest BCUT2D eigenvalue weighted by atomic mass is 10.4. The summed E-state index contributed by atoms with van der Waals surface area (Å²) in [5.41, 5.74) is 0. The molecule has 1 atom stereocenters. The first-order valence-electron chi connectivity index (χ1n) is 5.67. The summed E-state index contributed by atoms with van der Waals surface area (Å²) in [4.78, 5) is 0.258. The normalized spacial score (nSPS) is 13.4. The van der Waals surface area contributed by atoms with Crippen LogP contribution in [0, 0.1) is 0 Å². The molecule has 0 aliphatic heterocycles. The molecule has 0 spiro atoms. The number of hydrogen-bond donors (Lipinski definition) is 0. The van der Waals surface area contributed by atoms with Gasteiger partial charge in [0, 0.05) is 6.42 Å². The molecule has 0 amide bonds. The second-order valence-electron chi connectivity index (χ2n) is 3.89. The number of benzene rings is 1. The summed E-state index contributed by atoms with van der Waals surface area (Å²) in [7, 11) is -3.48. The summed E-state index contributed by atoms with van der Waals surface area (Å²) in [5, 5.41) is 6.72. The topological polar surface area (TPSA) is 73.1 Å². The van der Waals surface area contributed by atoms with Gasteiger partial charge in [0.2, 0.25) is 11.8 Å². The van der Waals surface area contributed by atoms with E-state index in [4.69, 9.17) is 4.42 Å². The first kappa shape index (κ1) is 12.8. The smallest absolute Gasteiger partial charge is 0.234 e. The van der Waals surface area contributed by atoms with Gasteiger partial charge in [0.1, 0.15) is 5.25 Å². The fraction of sp³-hybridized carbons (Fsp3) is 0.333. The van der Waals surface area contributed by atoms with Crippen molar-refractivity contribution in [2.75, 3.05) is 0 Å². The van der Waals surface area contributed by atoms with Crippen LogP contribution in [0.2, 0.25) is 0 Å². The van der Waals surface area contributed by atoms with Crippen LogP contribution in [-0.2, 0) is 16.3 Å². The molecule has 1 heterocycles. The molecule has 0 N–H and O–H groups in total. The van der Waals surface area contributed by atoms with Crippen LogP contribution in [0.4, 0.5) is 0 Å². The van der Waals surface area contributed by atoms with Gasteiger partial charge < -0.3 is 4.42 Å². The second kappa shape index (κ2) is 4.89. The number of rotatable bonds is 4. The molecule has 1 aromatic heterocycles. The van der Waals surface area contributed by atoms with E-state index < -0.39 is 15.1 Å². The van der Waals surface area contributed by atoms with Crippen molar-refractivity contribution in [3.05, 3.63) is 42.1 Å². The van der Waals surface area contributed by atoms with Crippen LogP contribution < -0.4 is 0 Å². The van der Waals surface area contributed by atoms with Crippen molar-refractivity contribution in [3.63, 3.8) is 0 Å². The van der Waals surface area contributed by atoms with Gasteiger partial charge >= 0.3 is 0 Å². The maximum absolute atomic E-state index is 12.3. The highest BCUT2D eigenvalue weighted by atomic mass is 32.2. The molecule has 2 rings (SSSR count).